The minimum Gasteiger partial charge on any atom is -0.483 e. The van der Waals surface area contributed by atoms with Crippen LogP contribution in [-0.2, 0) is 17.8 Å². The first-order chi connectivity index (χ1) is 13.2. The Bertz CT molecular complexity index is 1080. The zero-order valence-corrected chi connectivity index (χ0v) is 14.5. The molecule has 0 unspecified atom stereocenters. The van der Waals surface area contributed by atoms with Crippen molar-refractivity contribution in [2.45, 2.75) is 13.0 Å². The molecule has 2 N–H and O–H groups in total. The fourth-order valence-corrected chi connectivity index (χ4v) is 2.94. The highest BCUT2D eigenvalue weighted by molar-refractivity contribution is 5.79. The molecule has 0 bridgehead atoms. The van der Waals surface area contributed by atoms with Gasteiger partial charge in [0.25, 0.3) is 11.8 Å². The van der Waals surface area contributed by atoms with Crippen molar-refractivity contribution in [1.82, 2.24) is 14.7 Å². The first-order valence-electron chi connectivity index (χ1n) is 8.57. The van der Waals surface area contributed by atoms with Crippen LogP contribution in [0, 0.1) is 0 Å². The van der Waals surface area contributed by atoms with E-state index >= 15 is 0 Å². The van der Waals surface area contributed by atoms with Crippen LogP contribution >= 0.6 is 0 Å². The van der Waals surface area contributed by atoms with Gasteiger partial charge >= 0.3 is 0 Å². The largest absolute Gasteiger partial charge is 0.483 e. The topological polar surface area (TPSA) is 96.2 Å². The van der Waals surface area contributed by atoms with Crippen LogP contribution in [0.5, 0.6) is 5.75 Å². The Kier molecular flexibility index (Phi) is 4.57. The second kappa shape index (κ2) is 7.33. The van der Waals surface area contributed by atoms with E-state index in [-0.39, 0.29) is 6.61 Å². The minimum absolute atomic E-state index is 0.210. The quantitative estimate of drug-likeness (QED) is 0.545. The lowest BCUT2D eigenvalue weighted by atomic mass is 10.2. The van der Waals surface area contributed by atoms with Crippen molar-refractivity contribution in [3.05, 3.63) is 66.6 Å². The number of fused-ring (bicyclic) bond motifs is 1. The number of hydrogen-bond donors (Lipinski definition) is 1. The average Bonchev–Trinajstić information content (AvgIpc) is 3.32. The summed E-state index contributed by atoms with van der Waals surface area (Å²) in [4.78, 5) is 15.4. The number of aryl methyl sites for hydroxylation is 2. The van der Waals surface area contributed by atoms with Crippen LogP contribution in [0.3, 0.4) is 0 Å². The highest BCUT2D eigenvalue weighted by atomic mass is 16.5. The molecule has 0 radical (unpaired) electrons. The molecule has 0 aliphatic rings. The summed E-state index contributed by atoms with van der Waals surface area (Å²) in [5.41, 5.74) is 6.94. The zero-order chi connectivity index (χ0) is 18.6. The van der Waals surface area contributed by atoms with Gasteiger partial charge in [-0.15, -0.1) is 0 Å². The molecule has 0 aliphatic heterocycles. The number of amides is 1. The first-order valence-corrected chi connectivity index (χ1v) is 8.57. The molecule has 2 aromatic heterocycles. The minimum atomic E-state index is -0.546. The molecule has 4 rings (SSSR count). The predicted molar refractivity (Wildman–Crippen MR) is 100 cm³/mol. The van der Waals surface area contributed by atoms with Crippen molar-refractivity contribution < 1.29 is 14.1 Å². The standard InChI is InChI=1S/C20H18N4O3/c21-18(25)13-26-17-8-4-2-6-15(17)20-22-19(23-27-20)10-12-24-11-9-14-5-1-3-7-16(14)24/h1-9,11H,10,12-13H2,(H2,21,25). The Morgan fingerprint density at radius 2 is 1.93 bits per heavy atom. The molecule has 0 saturated heterocycles. The summed E-state index contributed by atoms with van der Waals surface area (Å²) in [6, 6.07) is 17.5. The zero-order valence-electron chi connectivity index (χ0n) is 14.5. The molecule has 0 saturated carbocycles. The van der Waals surface area contributed by atoms with E-state index < -0.39 is 5.91 Å². The molecule has 4 aromatic rings. The Labute approximate surface area is 155 Å². The molecule has 2 heterocycles. The number of benzene rings is 2. The maximum atomic E-state index is 11.0. The molecule has 136 valence electrons. The lowest BCUT2D eigenvalue weighted by Gasteiger charge is -2.06. The lowest BCUT2D eigenvalue weighted by Crippen LogP contribution is -2.20. The van der Waals surface area contributed by atoms with E-state index in [1.165, 1.54) is 10.9 Å². The van der Waals surface area contributed by atoms with Crippen LogP contribution in [0.4, 0.5) is 0 Å². The predicted octanol–water partition coefficient (Wildman–Crippen LogP) is 2.80. The molecule has 2 aromatic carbocycles. The summed E-state index contributed by atoms with van der Waals surface area (Å²) in [5, 5.41) is 5.26. The molecule has 0 fully saturated rings. The summed E-state index contributed by atoms with van der Waals surface area (Å²) >= 11 is 0. The van der Waals surface area contributed by atoms with Crippen molar-refractivity contribution in [3.8, 4) is 17.2 Å². The maximum Gasteiger partial charge on any atom is 0.261 e. The van der Waals surface area contributed by atoms with E-state index in [4.69, 9.17) is 15.0 Å². The molecule has 7 heteroatoms. The van der Waals surface area contributed by atoms with Crippen molar-refractivity contribution >= 4 is 16.8 Å². The van der Waals surface area contributed by atoms with Crippen molar-refractivity contribution in [2.24, 2.45) is 5.73 Å². The number of nitrogens with two attached hydrogens (primary N) is 1. The van der Waals surface area contributed by atoms with Crippen molar-refractivity contribution in [2.75, 3.05) is 6.61 Å². The Hall–Kier alpha value is -3.61. The van der Waals surface area contributed by atoms with Gasteiger partial charge in [-0.05, 0) is 29.7 Å². The van der Waals surface area contributed by atoms with Gasteiger partial charge in [0, 0.05) is 24.7 Å². The lowest BCUT2D eigenvalue weighted by molar-refractivity contribution is -0.119. The SMILES string of the molecule is NC(=O)COc1ccccc1-c1nc(CCn2ccc3ccccc32)no1. The normalized spacial score (nSPS) is 11.0. The van der Waals surface area contributed by atoms with Crippen molar-refractivity contribution in [3.63, 3.8) is 0 Å². The van der Waals surface area contributed by atoms with Gasteiger partial charge in [-0.1, -0.05) is 35.5 Å². The summed E-state index contributed by atoms with van der Waals surface area (Å²) in [6.45, 7) is 0.533. The number of aromatic nitrogens is 3. The summed E-state index contributed by atoms with van der Waals surface area (Å²) in [7, 11) is 0. The van der Waals surface area contributed by atoms with E-state index in [0.29, 0.717) is 29.4 Å². The van der Waals surface area contributed by atoms with Crippen LogP contribution in [-0.4, -0.2) is 27.2 Å². The molecule has 7 nitrogen and oxygen atoms in total. The monoisotopic (exact) mass is 362 g/mol. The van der Waals surface area contributed by atoms with Gasteiger partial charge in [-0.3, -0.25) is 4.79 Å². The number of hydrogen-bond acceptors (Lipinski definition) is 5. The molecule has 0 spiro atoms. The van der Waals surface area contributed by atoms with Crippen molar-refractivity contribution in [1.29, 1.82) is 0 Å². The van der Waals surface area contributed by atoms with E-state index in [2.05, 4.69) is 39.1 Å². The molecule has 0 aliphatic carbocycles. The second-order valence-corrected chi connectivity index (χ2v) is 6.08. The number of rotatable bonds is 7. The number of carbonyl (C=O) groups is 1. The molecule has 27 heavy (non-hydrogen) atoms. The van der Waals surface area contributed by atoms with Crippen LogP contribution < -0.4 is 10.5 Å². The van der Waals surface area contributed by atoms with Gasteiger partial charge in [0.05, 0.1) is 5.56 Å². The van der Waals surface area contributed by atoms with Gasteiger partial charge < -0.3 is 19.6 Å². The highest BCUT2D eigenvalue weighted by Crippen LogP contribution is 2.28. The summed E-state index contributed by atoms with van der Waals surface area (Å²) < 4.78 is 13.0. The van der Waals surface area contributed by atoms with Crippen LogP contribution in [0.15, 0.2) is 65.3 Å². The van der Waals surface area contributed by atoms with E-state index in [1.807, 2.05) is 18.2 Å². The molecular weight excluding hydrogens is 344 g/mol. The summed E-state index contributed by atoms with van der Waals surface area (Å²) in [6.07, 6.45) is 2.69. The Balaban J connectivity index is 1.50. The molecular formula is C20H18N4O3. The number of nitrogens with zero attached hydrogens (tertiary/aromatic N) is 3. The molecule has 0 atom stereocenters. The fourth-order valence-electron chi connectivity index (χ4n) is 2.94. The van der Waals surface area contributed by atoms with E-state index in [1.54, 1.807) is 18.2 Å². The Morgan fingerprint density at radius 3 is 2.81 bits per heavy atom. The Morgan fingerprint density at radius 1 is 1.11 bits per heavy atom. The van der Waals surface area contributed by atoms with Gasteiger partial charge in [0.2, 0.25) is 0 Å². The average molecular weight is 362 g/mol. The van der Waals surface area contributed by atoms with E-state index in [9.17, 15) is 4.79 Å². The van der Waals surface area contributed by atoms with E-state index in [0.717, 1.165) is 6.54 Å². The molecule has 1 amide bonds. The van der Waals surface area contributed by atoms with Crippen LogP contribution in [0.25, 0.3) is 22.4 Å². The van der Waals surface area contributed by atoms with Crippen LogP contribution in [0.1, 0.15) is 5.82 Å². The number of carbonyl (C=O) groups excluding carboxylic acids is 1. The third-order valence-corrected chi connectivity index (χ3v) is 4.21. The number of ether oxygens (including phenoxy) is 1. The van der Waals surface area contributed by atoms with Gasteiger partial charge in [-0.25, -0.2) is 0 Å². The highest BCUT2D eigenvalue weighted by Gasteiger charge is 2.14. The van der Waals surface area contributed by atoms with Gasteiger partial charge in [0.15, 0.2) is 12.4 Å². The third-order valence-electron chi connectivity index (χ3n) is 4.21. The third kappa shape index (κ3) is 3.67. The van der Waals surface area contributed by atoms with Gasteiger partial charge in [0.1, 0.15) is 5.75 Å². The smallest absolute Gasteiger partial charge is 0.261 e. The second-order valence-electron chi connectivity index (χ2n) is 6.08. The summed E-state index contributed by atoms with van der Waals surface area (Å²) in [5.74, 6) is 0.882. The maximum absolute atomic E-state index is 11.0. The number of para-hydroxylation sites is 2. The van der Waals surface area contributed by atoms with Gasteiger partial charge in [-0.2, -0.15) is 4.98 Å². The first kappa shape index (κ1) is 16.8. The number of primary amides is 1. The van der Waals surface area contributed by atoms with Crippen LogP contribution in [0.2, 0.25) is 0 Å². The fraction of sp³-hybridized carbons (Fsp3) is 0.150.